The number of hydrogen-bond acceptors (Lipinski definition) is 6. The van der Waals surface area contributed by atoms with Crippen molar-refractivity contribution in [1.29, 1.82) is 0 Å². The van der Waals surface area contributed by atoms with E-state index in [1.807, 2.05) is 11.8 Å². The van der Waals surface area contributed by atoms with Gasteiger partial charge in [-0.05, 0) is 12.5 Å². The summed E-state index contributed by atoms with van der Waals surface area (Å²) in [6.45, 7) is 4.11. The van der Waals surface area contributed by atoms with Gasteiger partial charge in [0.25, 0.3) is 0 Å². The van der Waals surface area contributed by atoms with Crippen LogP contribution < -0.4 is 9.64 Å². The van der Waals surface area contributed by atoms with Gasteiger partial charge in [-0.15, -0.1) is 0 Å². The zero-order valence-corrected chi connectivity index (χ0v) is 12.0. The van der Waals surface area contributed by atoms with E-state index in [1.165, 1.54) is 6.07 Å². The summed E-state index contributed by atoms with van der Waals surface area (Å²) >= 11 is 0. The van der Waals surface area contributed by atoms with Gasteiger partial charge < -0.3 is 19.5 Å². The molecular formula is C14H20N2O5. The van der Waals surface area contributed by atoms with Crippen molar-refractivity contribution in [3.63, 3.8) is 0 Å². The summed E-state index contributed by atoms with van der Waals surface area (Å²) in [4.78, 5) is 12.6. The predicted molar refractivity (Wildman–Crippen MR) is 77.9 cm³/mol. The van der Waals surface area contributed by atoms with Gasteiger partial charge in [-0.1, -0.05) is 6.92 Å². The first-order chi connectivity index (χ1) is 10.2. The lowest BCUT2D eigenvalue weighted by molar-refractivity contribution is -0.385. The van der Waals surface area contributed by atoms with E-state index >= 15 is 0 Å². The number of ether oxygens (including phenoxy) is 2. The molecule has 0 saturated carbocycles. The molecule has 1 saturated heterocycles. The standard InChI is InChI=1S/C14H20N2O5/c1-2-6-21-14-8-11(3-4-13(14)16(18)19)15-5-7-20-12(9-15)10-17/h3-4,8,12,17H,2,5-7,9-10H2,1H3. The Hall–Kier alpha value is -1.86. The molecule has 1 unspecified atom stereocenters. The smallest absolute Gasteiger partial charge is 0.311 e. The molecule has 1 aromatic rings. The fourth-order valence-corrected chi connectivity index (χ4v) is 2.24. The molecular weight excluding hydrogens is 276 g/mol. The molecule has 1 aliphatic rings. The third-order valence-corrected chi connectivity index (χ3v) is 3.31. The van der Waals surface area contributed by atoms with Crippen molar-refractivity contribution < 1.29 is 19.5 Å². The minimum atomic E-state index is -0.440. The first kappa shape index (κ1) is 15.5. The maximum absolute atomic E-state index is 11.0. The third-order valence-electron chi connectivity index (χ3n) is 3.31. The van der Waals surface area contributed by atoms with Crippen LogP contribution in [0.4, 0.5) is 11.4 Å². The Bertz CT molecular complexity index is 494. The largest absolute Gasteiger partial charge is 0.487 e. The summed E-state index contributed by atoms with van der Waals surface area (Å²) in [6.07, 6.45) is 0.555. The van der Waals surface area contributed by atoms with Crippen molar-refractivity contribution in [1.82, 2.24) is 0 Å². The van der Waals surface area contributed by atoms with Gasteiger partial charge in [0, 0.05) is 30.9 Å². The molecule has 2 rings (SSSR count). The molecule has 1 aliphatic heterocycles. The number of benzene rings is 1. The second-order valence-corrected chi connectivity index (χ2v) is 4.88. The molecule has 0 amide bonds. The lowest BCUT2D eigenvalue weighted by Gasteiger charge is -2.33. The van der Waals surface area contributed by atoms with Gasteiger partial charge in [-0.25, -0.2) is 0 Å². The number of hydrogen-bond donors (Lipinski definition) is 1. The SMILES string of the molecule is CCCOc1cc(N2CCOC(CO)C2)ccc1[N+](=O)[O-]. The average molecular weight is 296 g/mol. The summed E-state index contributed by atoms with van der Waals surface area (Å²) in [5.74, 6) is 0.284. The Morgan fingerprint density at radius 3 is 3.05 bits per heavy atom. The summed E-state index contributed by atoms with van der Waals surface area (Å²) in [6, 6.07) is 4.86. The second-order valence-electron chi connectivity index (χ2n) is 4.88. The highest BCUT2D eigenvalue weighted by atomic mass is 16.6. The van der Waals surface area contributed by atoms with Gasteiger partial charge in [-0.2, -0.15) is 0 Å². The van der Waals surface area contributed by atoms with Crippen LogP contribution >= 0.6 is 0 Å². The van der Waals surface area contributed by atoms with Crippen molar-refractivity contribution in [2.75, 3.05) is 37.8 Å². The van der Waals surface area contributed by atoms with E-state index in [1.54, 1.807) is 12.1 Å². The van der Waals surface area contributed by atoms with Crippen LogP contribution in [0.1, 0.15) is 13.3 Å². The van der Waals surface area contributed by atoms with E-state index in [9.17, 15) is 15.2 Å². The maximum Gasteiger partial charge on any atom is 0.311 e. The van der Waals surface area contributed by atoms with E-state index in [0.29, 0.717) is 26.3 Å². The molecule has 1 fully saturated rings. The van der Waals surface area contributed by atoms with Crippen LogP contribution in [0.15, 0.2) is 18.2 Å². The van der Waals surface area contributed by atoms with Gasteiger partial charge in [-0.3, -0.25) is 10.1 Å². The quantitative estimate of drug-likeness (QED) is 0.633. The predicted octanol–water partition coefficient (Wildman–Crippen LogP) is 1.58. The lowest BCUT2D eigenvalue weighted by atomic mass is 10.2. The highest BCUT2D eigenvalue weighted by Crippen LogP contribution is 2.32. The molecule has 1 aromatic carbocycles. The van der Waals surface area contributed by atoms with E-state index in [4.69, 9.17) is 9.47 Å². The number of aliphatic hydroxyl groups excluding tert-OH is 1. The molecule has 0 aliphatic carbocycles. The van der Waals surface area contributed by atoms with Crippen molar-refractivity contribution in [2.24, 2.45) is 0 Å². The van der Waals surface area contributed by atoms with Gasteiger partial charge in [0.2, 0.25) is 0 Å². The number of aliphatic hydroxyl groups is 1. The Labute approximate surface area is 123 Å². The highest BCUT2D eigenvalue weighted by molar-refractivity contribution is 5.59. The second kappa shape index (κ2) is 7.24. The van der Waals surface area contributed by atoms with Crippen LogP contribution in [0, 0.1) is 10.1 Å². The Balaban J connectivity index is 2.21. The molecule has 116 valence electrons. The molecule has 1 heterocycles. The number of morpholine rings is 1. The number of anilines is 1. The first-order valence-electron chi connectivity index (χ1n) is 7.04. The molecule has 7 heteroatoms. The maximum atomic E-state index is 11.0. The van der Waals surface area contributed by atoms with E-state index in [2.05, 4.69) is 0 Å². The Kier molecular flexibility index (Phi) is 5.35. The van der Waals surface area contributed by atoms with Crippen LogP contribution in [-0.2, 0) is 4.74 Å². The zero-order chi connectivity index (χ0) is 15.2. The number of nitro benzene ring substituents is 1. The fourth-order valence-electron chi connectivity index (χ4n) is 2.24. The summed E-state index contributed by atoms with van der Waals surface area (Å²) < 4.78 is 10.9. The molecule has 0 spiro atoms. The normalized spacial score (nSPS) is 18.6. The highest BCUT2D eigenvalue weighted by Gasteiger charge is 2.23. The summed E-state index contributed by atoms with van der Waals surface area (Å²) in [7, 11) is 0. The molecule has 0 radical (unpaired) electrons. The van der Waals surface area contributed by atoms with Gasteiger partial charge in [0.1, 0.15) is 0 Å². The monoisotopic (exact) mass is 296 g/mol. The number of nitro groups is 1. The van der Waals surface area contributed by atoms with E-state index in [0.717, 1.165) is 12.1 Å². The Morgan fingerprint density at radius 2 is 2.38 bits per heavy atom. The fraction of sp³-hybridized carbons (Fsp3) is 0.571. The van der Waals surface area contributed by atoms with Crippen LogP contribution in [0.25, 0.3) is 0 Å². The number of nitrogens with zero attached hydrogens (tertiary/aromatic N) is 2. The van der Waals surface area contributed by atoms with Gasteiger partial charge >= 0.3 is 5.69 Å². The van der Waals surface area contributed by atoms with Gasteiger partial charge in [0.05, 0.1) is 30.8 Å². The van der Waals surface area contributed by atoms with Crippen LogP contribution in [-0.4, -0.2) is 49.0 Å². The van der Waals surface area contributed by atoms with Crippen LogP contribution in [0.3, 0.4) is 0 Å². The third kappa shape index (κ3) is 3.83. The molecule has 21 heavy (non-hydrogen) atoms. The van der Waals surface area contributed by atoms with Crippen molar-refractivity contribution in [3.05, 3.63) is 28.3 Å². The van der Waals surface area contributed by atoms with Crippen molar-refractivity contribution >= 4 is 11.4 Å². The molecule has 1 N–H and O–H groups in total. The van der Waals surface area contributed by atoms with Gasteiger partial charge in [0.15, 0.2) is 5.75 Å². The van der Waals surface area contributed by atoms with Crippen molar-refractivity contribution in [3.8, 4) is 5.75 Å². The van der Waals surface area contributed by atoms with E-state index in [-0.39, 0.29) is 24.1 Å². The summed E-state index contributed by atoms with van der Waals surface area (Å²) in [5.41, 5.74) is 0.813. The zero-order valence-electron chi connectivity index (χ0n) is 12.0. The molecule has 0 bridgehead atoms. The first-order valence-corrected chi connectivity index (χ1v) is 7.04. The van der Waals surface area contributed by atoms with E-state index < -0.39 is 4.92 Å². The summed E-state index contributed by atoms with van der Waals surface area (Å²) in [5, 5.41) is 20.2. The lowest BCUT2D eigenvalue weighted by Crippen LogP contribution is -2.44. The Morgan fingerprint density at radius 1 is 1.57 bits per heavy atom. The van der Waals surface area contributed by atoms with Crippen LogP contribution in [0.5, 0.6) is 5.75 Å². The van der Waals surface area contributed by atoms with Crippen molar-refractivity contribution in [2.45, 2.75) is 19.4 Å². The molecule has 1 atom stereocenters. The minimum Gasteiger partial charge on any atom is -0.487 e. The molecule has 0 aromatic heterocycles. The molecule has 7 nitrogen and oxygen atoms in total. The van der Waals surface area contributed by atoms with Crippen LogP contribution in [0.2, 0.25) is 0 Å². The minimum absolute atomic E-state index is 0.0285. The number of rotatable bonds is 6. The topological polar surface area (TPSA) is 85.1 Å². The average Bonchev–Trinajstić information content (AvgIpc) is 2.52.